The van der Waals surface area contributed by atoms with Gasteiger partial charge in [0.25, 0.3) is 0 Å². The molecule has 100 valence electrons. The first-order valence-corrected chi connectivity index (χ1v) is 7.30. The molecule has 0 radical (unpaired) electrons. The second-order valence-electron chi connectivity index (χ2n) is 3.70. The van der Waals surface area contributed by atoms with E-state index in [-0.39, 0.29) is 24.6 Å². The number of nitrogens with one attached hydrogen (secondary N) is 2. The monoisotopic (exact) mass is 265 g/mol. The minimum atomic E-state index is -3.13. The van der Waals surface area contributed by atoms with Crippen molar-refractivity contribution in [1.29, 1.82) is 0 Å². The zero-order chi connectivity index (χ0) is 13.5. The molecule has 0 aromatic carbocycles. The van der Waals surface area contributed by atoms with Crippen LogP contribution in [-0.2, 0) is 19.4 Å². The number of nitrogens with two attached hydrogens (primary N) is 1. The molecule has 4 N–H and O–H groups in total. The van der Waals surface area contributed by atoms with Gasteiger partial charge >= 0.3 is 0 Å². The number of rotatable bonds is 7. The van der Waals surface area contributed by atoms with Crippen LogP contribution in [0.25, 0.3) is 0 Å². The molecular formula is C9H19N3O4S. The minimum absolute atomic E-state index is 0.0417. The highest BCUT2D eigenvalue weighted by Gasteiger charge is 2.16. The maximum atomic E-state index is 11.4. The number of hydrogen-bond donors (Lipinski definition) is 3. The zero-order valence-corrected chi connectivity index (χ0v) is 10.8. The van der Waals surface area contributed by atoms with Gasteiger partial charge in [0.05, 0.1) is 18.3 Å². The lowest BCUT2D eigenvalue weighted by molar-refractivity contribution is -0.126. The van der Waals surface area contributed by atoms with E-state index < -0.39 is 21.8 Å². The van der Waals surface area contributed by atoms with Crippen LogP contribution in [0.15, 0.2) is 0 Å². The molecule has 8 heteroatoms. The molecule has 0 aromatic rings. The SMILES string of the molecule is CCNC(=O)CNC(=O)C(N)CCS(C)(=O)=O. The third-order valence-electron chi connectivity index (χ3n) is 1.93. The lowest BCUT2D eigenvalue weighted by Gasteiger charge is -2.11. The molecule has 0 aliphatic heterocycles. The third kappa shape index (κ3) is 8.64. The van der Waals surface area contributed by atoms with Crippen LogP contribution in [-0.4, -0.2) is 51.4 Å². The van der Waals surface area contributed by atoms with Gasteiger partial charge in [0.1, 0.15) is 9.84 Å². The predicted octanol–water partition coefficient (Wildman–Crippen LogP) is -2.00. The summed E-state index contributed by atoms with van der Waals surface area (Å²) in [6.45, 7) is 2.09. The molecular weight excluding hydrogens is 246 g/mol. The first kappa shape index (κ1) is 15.9. The Labute approximate surface area is 101 Å². The van der Waals surface area contributed by atoms with Crippen LogP contribution >= 0.6 is 0 Å². The Balaban J connectivity index is 3.94. The molecule has 0 bridgehead atoms. The maximum absolute atomic E-state index is 11.4. The van der Waals surface area contributed by atoms with E-state index in [2.05, 4.69) is 10.6 Å². The Bertz CT molecular complexity index is 366. The summed E-state index contributed by atoms with van der Waals surface area (Å²) in [6, 6.07) is -0.917. The quantitative estimate of drug-likeness (QED) is 0.492. The van der Waals surface area contributed by atoms with Gasteiger partial charge < -0.3 is 16.4 Å². The van der Waals surface area contributed by atoms with E-state index >= 15 is 0 Å². The van der Waals surface area contributed by atoms with Crippen molar-refractivity contribution in [2.75, 3.05) is 25.1 Å². The molecule has 0 rings (SSSR count). The van der Waals surface area contributed by atoms with Crippen molar-refractivity contribution in [3.8, 4) is 0 Å². The van der Waals surface area contributed by atoms with Gasteiger partial charge in [-0.3, -0.25) is 9.59 Å². The van der Waals surface area contributed by atoms with E-state index in [1.165, 1.54) is 0 Å². The number of carbonyl (C=O) groups excluding carboxylic acids is 2. The van der Waals surface area contributed by atoms with E-state index in [1.807, 2.05) is 0 Å². The van der Waals surface area contributed by atoms with Crippen molar-refractivity contribution < 1.29 is 18.0 Å². The zero-order valence-electron chi connectivity index (χ0n) is 10.0. The number of hydrogen-bond acceptors (Lipinski definition) is 5. The van der Waals surface area contributed by atoms with Crippen molar-refractivity contribution in [3.05, 3.63) is 0 Å². The predicted molar refractivity (Wildman–Crippen MR) is 64.0 cm³/mol. The fourth-order valence-corrected chi connectivity index (χ4v) is 1.71. The van der Waals surface area contributed by atoms with Crippen LogP contribution in [0.2, 0.25) is 0 Å². The summed E-state index contributed by atoms with van der Waals surface area (Å²) in [5.74, 6) is -0.987. The fraction of sp³-hybridized carbons (Fsp3) is 0.778. The standard InChI is InChI=1S/C9H19N3O4S/c1-3-11-8(13)6-12-9(14)7(10)4-5-17(2,15)16/h7H,3-6,10H2,1-2H3,(H,11,13)(H,12,14). The van der Waals surface area contributed by atoms with Crippen molar-refractivity contribution in [1.82, 2.24) is 10.6 Å². The van der Waals surface area contributed by atoms with Crippen LogP contribution in [0.5, 0.6) is 0 Å². The Morgan fingerprint density at radius 2 is 1.88 bits per heavy atom. The second kappa shape index (κ2) is 7.23. The maximum Gasteiger partial charge on any atom is 0.239 e. The molecule has 0 aliphatic carbocycles. The first-order chi connectivity index (χ1) is 7.76. The summed E-state index contributed by atoms with van der Waals surface area (Å²) in [4.78, 5) is 22.4. The smallest absolute Gasteiger partial charge is 0.239 e. The molecule has 0 spiro atoms. The van der Waals surface area contributed by atoms with E-state index in [0.29, 0.717) is 6.54 Å². The highest BCUT2D eigenvalue weighted by molar-refractivity contribution is 7.90. The average Bonchev–Trinajstić information content (AvgIpc) is 2.22. The van der Waals surface area contributed by atoms with Gasteiger partial charge in [0.15, 0.2) is 0 Å². The van der Waals surface area contributed by atoms with Crippen LogP contribution in [0.3, 0.4) is 0 Å². The number of carbonyl (C=O) groups is 2. The van der Waals surface area contributed by atoms with E-state index in [0.717, 1.165) is 6.26 Å². The molecule has 17 heavy (non-hydrogen) atoms. The Morgan fingerprint density at radius 1 is 1.29 bits per heavy atom. The molecule has 0 fully saturated rings. The van der Waals surface area contributed by atoms with E-state index in [1.54, 1.807) is 6.92 Å². The second-order valence-corrected chi connectivity index (χ2v) is 5.96. The van der Waals surface area contributed by atoms with Crippen LogP contribution in [0.4, 0.5) is 0 Å². The van der Waals surface area contributed by atoms with E-state index in [4.69, 9.17) is 5.73 Å². The Morgan fingerprint density at radius 3 is 2.35 bits per heavy atom. The fourth-order valence-electron chi connectivity index (χ4n) is 1.03. The molecule has 1 atom stereocenters. The molecule has 0 heterocycles. The van der Waals surface area contributed by atoms with Gasteiger partial charge in [-0.2, -0.15) is 0 Å². The minimum Gasteiger partial charge on any atom is -0.355 e. The summed E-state index contributed by atoms with van der Waals surface area (Å²) in [6.07, 6.45) is 1.12. The number of amides is 2. The lowest BCUT2D eigenvalue weighted by Crippen LogP contribution is -2.45. The van der Waals surface area contributed by atoms with Gasteiger partial charge in [-0.25, -0.2) is 8.42 Å². The normalized spacial score (nSPS) is 12.9. The van der Waals surface area contributed by atoms with Gasteiger partial charge in [0, 0.05) is 12.8 Å². The summed E-state index contributed by atoms with van der Waals surface area (Å²) in [7, 11) is -3.13. The van der Waals surface area contributed by atoms with Crippen molar-refractivity contribution in [2.45, 2.75) is 19.4 Å². The van der Waals surface area contributed by atoms with Gasteiger partial charge in [-0.05, 0) is 13.3 Å². The highest BCUT2D eigenvalue weighted by Crippen LogP contribution is 1.93. The van der Waals surface area contributed by atoms with Gasteiger partial charge in [0.2, 0.25) is 11.8 Å². The Hall–Kier alpha value is -1.15. The summed E-state index contributed by atoms with van der Waals surface area (Å²) >= 11 is 0. The molecule has 1 unspecified atom stereocenters. The number of sulfone groups is 1. The summed E-state index contributed by atoms with van der Waals surface area (Å²) in [5, 5.41) is 4.84. The third-order valence-corrected chi connectivity index (χ3v) is 2.91. The molecule has 2 amide bonds. The first-order valence-electron chi connectivity index (χ1n) is 5.24. The van der Waals surface area contributed by atoms with Crippen LogP contribution < -0.4 is 16.4 Å². The van der Waals surface area contributed by atoms with E-state index in [9.17, 15) is 18.0 Å². The van der Waals surface area contributed by atoms with Crippen molar-refractivity contribution in [3.63, 3.8) is 0 Å². The van der Waals surface area contributed by atoms with Gasteiger partial charge in [-0.15, -0.1) is 0 Å². The Kier molecular flexibility index (Phi) is 6.74. The average molecular weight is 265 g/mol. The molecule has 7 nitrogen and oxygen atoms in total. The summed E-state index contributed by atoms with van der Waals surface area (Å²) in [5.41, 5.74) is 5.48. The lowest BCUT2D eigenvalue weighted by atomic mass is 10.2. The van der Waals surface area contributed by atoms with Gasteiger partial charge in [-0.1, -0.05) is 0 Å². The van der Waals surface area contributed by atoms with Crippen LogP contribution in [0, 0.1) is 0 Å². The highest BCUT2D eigenvalue weighted by atomic mass is 32.2. The largest absolute Gasteiger partial charge is 0.355 e. The molecule has 0 aliphatic rings. The van der Waals surface area contributed by atoms with Crippen molar-refractivity contribution >= 4 is 21.7 Å². The topological polar surface area (TPSA) is 118 Å². The number of likely N-dealkylation sites (N-methyl/N-ethyl adjacent to an activating group) is 1. The summed E-state index contributed by atoms with van der Waals surface area (Å²) < 4.78 is 21.7. The van der Waals surface area contributed by atoms with Crippen molar-refractivity contribution in [2.24, 2.45) is 5.73 Å². The molecule has 0 aromatic heterocycles. The molecule has 0 saturated heterocycles. The molecule has 0 saturated carbocycles. The van der Waals surface area contributed by atoms with Crippen LogP contribution in [0.1, 0.15) is 13.3 Å².